The van der Waals surface area contributed by atoms with E-state index in [4.69, 9.17) is 0 Å². The van der Waals surface area contributed by atoms with E-state index >= 15 is 0 Å². The van der Waals surface area contributed by atoms with Gasteiger partial charge in [0, 0.05) is 11.6 Å². The summed E-state index contributed by atoms with van der Waals surface area (Å²) in [5.74, 6) is 0.313. The molecular formula is C16H19BrN4O. The number of halogens is 1. The number of piperidine rings is 1. The van der Waals surface area contributed by atoms with Gasteiger partial charge in [-0.3, -0.25) is 9.89 Å². The van der Waals surface area contributed by atoms with Gasteiger partial charge in [-0.15, -0.1) is 0 Å². The van der Waals surface area contributed by atoms with Crippen LogP contribution in [0.25, 0.3) is 11.3 Å². The summed E-state index contributed by atoms with van der Waals surface area (Å²) in [6.07, 6.45) is 0.949. The van der Waals surface area contributed by atoms with Gasteiger partial charge in [0.2, 0.25) is 0 Å². The van der Waals surface area contributed by atoms with Crippen LogP contribution in [0.2, 0.25) is 0 Å². The van der Waals surface area contributed by atoms with Gasteiger partial charge in [-0.25, -0.2) is 0 Å². The van der Waals surface area contributed by atoms with Gasteiger partial charge in [-0.1, -0.05) is 37.3 Å². The largest absolute Gasteiger partial charge is 0.348 e. The second-order valence-corrected chi connectivity index (χ2v) is 6.47. The van der Waals surface area contributed by atoms with Gasteiger partial charge >= 0.3 is 0 Å². The summed E-state index contributed by atoms with van der Waals surface area (Å²) in [7, 11) is 0. The number of rotatable bonds is 3. The van der Waals surface area contributed by atoms with Crippen molar-refractivity contribution >= 4 is 21.8 Å². The molecule has 1 fully saturated rings. The maximum absolute atomic E-state index is 12.5. The second-order valence-electron chi connectivity index (χ2n) is 5.68. The fraction of sp³-hybridized carbons (Fsp3) is 0.375. The van der Waals surface area contributed by atoms with Crippen molar-refractivity contribution in [1.29, 1.82) is 0 Å². The predicted octanol–water partition coefficient (Wildman–Crippen LogP) is 2.57. The third-order valence-corrected chi connectivity index (χ3v) is 4.86. The molecule has 1 amide bonds. The molecule has 0 spiro atoms. The van der Waals surface area contributed by atoms with E-state index < -0.39 is 0 Å². The van der Waals surface area contributed by atoms with Gasteiger partial charge in [0.05, 0.1) is 4.47 Å². The highest BCUT2D eigenvalue weighted by Gasteiger charge is 2.25. The molecule has 116 valence electrons. The van der Waals surface area contributed by atoms with Gasteiger partial charge in [-0.05, 0) is 41.4 Å². The number of aromatic nitrogens is 2. The molecule has 1 aromatic heterocycles. The third-order valence-electron chi connectivity index (χ3n) is 4.08. The topological polar surface area (TPSA) is 69.8 Å². The Morgan fingerprint density at radius 1 is 1.36 bits per heavy atom. The zero-order valence-electron chi connectivity index (χ0n) is 12.4. The number of benzene rings is 1. The summed E-state index contributed by atoms with van der Waals surface area (Å²) >= 11 is 3.50. The number of H-pyrrole nitrogens is 1. The van der Waals surface area contributed by atoms with Crippen LogP contribution in [0.3, 0.4) is 0 Å². The maximum Gasteiger partial charge on any atom is 0.270 e. The normalized spacial score (nSPS) is 21.5. The minimum Gasteiger partial charge on any atom is -0.348 e. The molecule has 2 atom stereocenters. The Hall–Kier alpha value is -1.66. The van der Waals surface area contributed by atoms with Crippen LogP contribution in [0.15, 0.2) is 34.8 Å². The molecular weight excluding hydrogens is 344 g/mol. The molecule has 1 aromatic carbocycles. The quantitative estimate of drug-likeness (QED) is 0.785. The molecule has 0 saturated carbocycles. The van der Waals surface area contributed by atoms with Crippen LogP contribution in [0.5, 0.6) is 0 Å². The monoisotopic (exact) mass is 362 g/mol. The lowest BCUT2D eigenvalue weighted by molar-refractivity contribution is 0.0908. The Morgan fingerprint density at radius 2 is 2.14 bits per heavy atom. The SMILES string of the molecule is CC1CNCCC1NC(=O)c1[nH]nc(-c2ccccc2)c1Br. The molecule has 3 N–H and O–H groups in total. The molecule has 6 heteroatoms. The lowest BCUT2D eigenvalue weighted by Gasteiger charge is -2.30. The second kappa shape index (κ2) is 6.62. The van der Waals surface area contributed by atoms with E-state index in [0.717, 1.165) is 30.8 Å². The van der Waals surface area contributed by atoms with E-state index in [1.165, 1.54) is 0 Å². The average Bonchev–Trinajstić information content (AvgIpc) is 2.92. The number of hydrogen-bond donors (Lipinski definition) is 3. The van der Waals surface area contributed by atoms with Crippen LogP contribution >= 0.6 is 15.9 Å². The zero-order chi connectivity index (χ0) is 15.5. The van der Waals surface area contributed by atoms with Crippen LogP contribution in [-0.4, -0.2) is 35.2 Å². The number of aromatic amines is 1. The first-order valence-electron chi connectivity index (χ1n) is 7.47. The molecule has 0 radical (unpaired) electrons. The summed E-state index contributed by atoms with van der Waals surface area (Å²) in [6, 6.07) is 9.99. The molecule has 2 unspecified atom stereocenters. The van der Waals surface area contributed by atoms with E-state index in [2.05, 4.69) is 43.7 Å². The van der Waals surface area contributed by atoms with Gasteiger partial charge in [0.25, 0.3) is 5.91 Å². The van der Waals surface area contributed by atoms with E-state index in [-0.39, 0.29) is 11.9 Å². The fourth-order valence-corrected chi connectivity index (χ4v) is 3.32. The Bertz CT molecular complexity index is 655. The Kier molecular flexibility index (Phi) is 4.59. The molecule has 1 saturated heterocycles. The Balaban J connectivity index is 1.78. The number of nitrogens with one attached hydrogen (secondary N) is 3. The molecule has 1 aliphatic rings. The molecule has 2 aromatic rings. The van der Waals surface area contributed by atoms with Crippen LogP contribution in [0.1, 0.15) is 23.8 Å². The van der Waals surface area contributed by atoms with Crippen molar-refractivity contribution in [3.05, 3.63) is 40.5 Å². The Labute approximate surface area is 138 Å². The average molecular weight is 363 g/mol. The highest BCUT2D eigenvalue weighted by atomic mass is 79.9. The summed E-state index contributed by atoms with van der Waals surface area (Å²) in [5.41, 5.74) is 2.20. The number of carbonyl (C=O) groups excluding carboxylic acids is 1. The minimum absolute atomic E-state index is 0.111. The molecule has 2 heterocycles. The molecule has 0 aliphatic carbocycles. The van der Waals surface area contributed by atoms with Crippen LogP contribution in [-0.2, 0) is 0 Å². The van der Waals surface area contributed by atoms with Crippen LogP contribution < -0.4 is 10.6 Å². The number of carbonyl (C=O) groups is 1. The van der Waals surface area contributed by atoms with Gasteiger partial charge < -0.3 is 10.6 Å². The number of nitrogens with zero attached hydrogens (tertiary/aromatic N) is 1. The third kappa shape index (κ3) is 3.08. The van der Waals surface area contributed by atoms with Crippen molar-refractivity contribution in [3.8, 4) is 11.3 Å². The van der Waals surface area contributed by atoms with E-state index in [9.17, 15) is 4.79 Å². The van der Waals surface area contributed by atoms with Gasteiger partial charge in [0.1, 0.15) is 11.4 Å². The number of amides is 1. The fourth-order valence-electron chi connectivity index (χ4n) is 2.74. The highest BCUT2D eigenvalue weighted by Crippen LogP contribution is 2.28. The van der Waals surface area contributed by atoms with E-state index in [0.29, 0.717) is 16.1 Å². The first kappa shape index (κ1) is 15.2. The predicted molar refractivity (Wildman–Crippen MR) is 89.6 cm³/mol. The molecule has 3 rings (SSSR count). The first-order chi connectivity index (χ1) is 10.7. The molecule has 1 aliphatic heterocycles. The van der Waals surface area contributed by atoms with Crippen molar-refractivity contribution in [2.45, 2.75) is 19.4 Å². The van der Waals surface area contributed by atoms with E-state index in [1.807, 2.05) is 30.3 Å². The summed E-state index contributed by atoms with van der Waals surface area (Å²) in [6.45, 7) is 4.02. The number of hydrogen-bond acceptors (Lipinski definition) is 3. The van der Waals surface area contributed by atoms with Crippen molar-refractivity contribution < 1.29 is 4.79 Å². The maximum atomic E-state index is 12.5. The first-order valence-corrected chi connectivity index (χ1v) is 8.27. The zero-order valence-corrected chi connectivity index (χ0v) is 14.0. The lowest BCUT2D eigenvalue weighted by Crippen LogP contribution is -2.48. The van der Waals surface area contributed by atoms with Crippen molar-refractivity contribution in [2.75, 3.05) is 13.1 Å². The molecule has 5 nitrogen and oxygen atoms in total. The van der Waals surface area contributed by atoms with Crippen molar-refractivity contribution in [3.63, 3.8) is 0 Å². The summed E-state index contributed by atoms with van der Waals surface area (Å²) in [4.78, 5) is 12.5. The molecule has 0 bridgehead atoms. The smallest absolute Gasteiger partial charge is 0.270 e. The standard InChI is InChI=1S/C16H19BrN4O/c1-10-9-18-8-7-12(10)19-16(22)15-13(17)14(20-21-15)11-5-3-2-4-6-11/h2-6,10,12,18H,7-9H2,1H3,(H,19,22)(H,20,21). The lowest BCUT2D eigenvalue weighted by atomic mass is 9.95. The molecule has 22 heavy (non-hydrogen) atoms. The summed E-state index contributed by atoms with van der Waals surface area (Å²) in [5, 5.41) is 13.6. The summed E-state index contributed by atoms with van der Waals surface area (Å²) < 4.78 is 0.706. The van der Waals surface area contributed by atoms with Gasteiger partial charge in [0.15, 0.2) is 0 Å². The highest BCUT2D eigenvalue weighted by molar-refractivity contribution is 9.10. The Morgan fingerprint density at radius 3 is 2.86 bits per heavy atom. The minimum atomic E-state index is -0.111. The van der Waals surface area contributed by atoms with Crippen molar-refractivity contribution in [1.82, 2.24) is 20.8 Å². The van der Waals surface area contributed by atoms with E-state index in [1.54, 1.807) is 0 Å². The van der Waals surface area contributed by atoms with Gasteiger partial charge in [-0.2, -0.15) is 5.10 Å². The van der Waals surface area contributed by atoms with Crippen LogP contribution in [0.4, 0.5) is 0 Å². The van der Waals surface area contributed by atoms with Crippen molar-refractivity contribution in [2.24, 2.45) is 5.92 Å². The van der Waals surface area contributed by atoms with Crippen LogP contribution in [0, 0.1) is 5.92 Å².